The van der Waals surface area contributed by atoms with Crippen molar-refractivity contribution in [2.24, 2.45) is 5.92 Å². The molecule has 0 bridgehead atoms. The first-order chi connectivity index (χ1) is 9.61. The molecule has 0 saturated carbocycles. The van der Waals surface area contributed by atoms with E-state index in [0.717, 1.165) is 10.9 Å². The monoisotopic (exact) mass is 351 g/mol. The van der Waals surface area contributed by atoms with Gasteiger partial charge in [0, 0.05) is 21.4 Å². The minimum absolute atomic E-state index is 0.401. The first kappa shape index (κ1) is 15.7. The van der Waals surface area contributed by atoms with E-state index in [1.165, 1.54) is 10.4 Å². The molecule has 20 heavy (non-hydrogen) atoms. The average molecular weight is 352 g/mol. The molecule has 0 fully saturated rings. The molecule has 2 rings (SSSR count). The molecule has 1 heterocycles. The van der Waals surface area contributed by atoms with E-state index in [1.54, 1.807) is 0 Å². The van der Waals surface area contributed by atoms with E-state index in [0.29, 0.717) is 18.0 Å². The molecule has 2 atom stereocenters. The van der Waals surface area contributed by atoms with Crippen molar-refractivity contribution in [3.05, 3.63) is 56.7 Å². The highest BCUT2D eigenvalue weighted by molar-refractivity contribution is 9.10. The van der Waals surface area contributed by atoms with Crippen molar-refractivity contribution in [3.63, 3.8) is 0 Å². The minimum Gasteiger partial charge on any atom is -0.302 e. The standard InChI is InChI=1S/C17H22BrNS/c1-4-15(13-7-9-14(18)10-8-13)19-17(12(2)3)16-6-5-11-20-16/h5-12,15,17,19H,4H2,1-3H3. The summed E-state index contributed by atoms with van der Waals surface area (Å²) in [4.78, 5) is 1.43. The lowest BCUT2D eigenvalue weighted by atomic mass is 9.98. The fourth-order valence-corrected chi connectivity index (χ4v) is 3.66. The molecule has 1 aromatic carbocycles. The lowest BCUT2D eigenvalue weighted by Crippen LogP contribution is -2.29. The Morgan fingerprint density at radius 3 is 2.35 bits per heavy atom. The largest absolute Gasteiger partial charge is 0.302 e. The zero-order chi connectivity index (χ0) is 14.5. The summed E-state index contributed by atoms with van der Waals surface area (Å²) in [5.74, 6) is 0.582. The van der Waals surface area contributed by atoms with Crippen LogP contribution in [0.15, 0.2) is 46.3 Å². The molecule has 0 aliphatic rings. The lowest BCUT2D eigenvalue weighted by Gasteiger charge is -2.27. The van der Waals surface area contributed by atoms with Gasteiger partial charge in [-0.2, -0.15) is 0 Å². The van der Waals surface area contributed by atoms with Crippen LogP contribution in [0.3, 0.4) is 0 Å². The van der Waals surface area contributed by atoms with Gasteiger partial charge in [-0.15, -0.1) is 11.3 Å². The molecule has 0 radical (unpaired) electrons. The molecule has 1 aromatic heterocycles. The Balaban J connectivity index is 2.17. The van der Waals surface area contributed by atoms with Crippen LogP contribution in [0.5, 0.6) is 0 Å². The molecule has 1 N–H and O–H groups in total. The van der Waals surface area contributed by atoms with Gasteiger partial charge in [0.25, 0.3) is 0 Å². The summed E-state index contributed by atoms with van der Waals surface area (Å²) in [7, 11) is 0. The fourth-order valence-electron chi connectivity index (χ4n) is 2.43. The summed E-state index contributed by atoms with van der Waals surface area (Å²) >= 11 is 5.34. The number of halogens is 1. The van der Waals surface area contributed by atoms with Crippen molar-refractivity contribution in [2.45, 2.75) is 39.3 Å². The zero-order valence-corrected chi connectivity index (χ0v) is 14.7. The predicted molar refractivity (Wildman–Crippen MR) is 92.2 cm³/mol. The van der Waals surface area contributed by atoms with E-state index >= 15 is 0 Å². The average Bonchev–Trinajstić information content (AvgIpc) is 2.95. The summed E-state index contributed by atoms with van der Waals surface area (Å²) in [6, 6.07) is 13.8. The Hall–Kier alpha value is -0.640. The predicted octanol–water partition coefficient (Wildman–Crippen LogP) is 5.95. The molecular formula is C17H22BrNS. The number of hydrogen-bond donors (Lipinski definition) is 1. The molecular weight excluding hydrogens is 330 g/mol. The smallest absolute Gasteiger partial charge is 0.0442 e. The number of rotatable bonds is 6. The Morgan fingerprint density at radius 1 is 1.15 bits per heavy atom. The summed E-state index contributed by atoms with van der Waals surface area (Å²) in [5.41, 5.74) is 1.36. The van der Waals surface area contributed by atoms with Crippen LogP contribution in [-0.2, 0) is 0 Å². The number of benzene rings is 1. The van der Waals surface area contributed by atoms with E-state index in [1.807, 2.05) is 11.3 Å². The zero-order valence-electron chi connectivity index (χ0n) is 12.3. The summed E-state index contributed by atoms with van der Waals surface area (Å²) in [5, 5.41) is 6.00. The normalized spacial score (nSPS) is 14.4. The quantitative estimate of drug-likeness (QED) is 0.677. The third kappa shape index (κ3) is 3.94. The van der Waals surface area contributed by atoms with Crippen molar-refractivity contribution >= 4 is 27.3 Å². The van der Waals surface area contributed by atoms with Crippen molar-refractivity contribution in [3.8, 4) is 0 Å². The number of nitrogens with one attached hydrogen (secondary N) is 1. The van der Waals surface area contributed by atoms with Crippen LogP contribution in [-0.4, -0.2) is 0 Å². The summed E-state index contributed by atoms with van der Waals surface area (Å²) < 4.78 is 1.13. The molecule has 0 spiro atoms. The van der Waals surface area contributed by atoms with Crippen molar-refractivity contribution in [2.75, 3.05) is 0 Å². The van der Waals surface area contributed by atoms with E-state index in [9.17, 15) is 0 Å². The number of hydrogen-bond acceptors (Lipinski definition) is 2. The first-order valence-corrected chi connectivity index (χ1v) is 8.84. The Morgan fingerprint density at radius 2 is 1.85 bits per heavy atom. The second-order valence-electron chi connectivity index (χ2n) is 5.42. The summed E-state index contributed by atoms with van der Waals surface area (Å²) in [6.45, 7) is 6.81. The molecule has 108 valence electrons. The van der Waals surface area contributed by atoms with E-state index < -0.39 is 0 Å². The SMILES string of the molecule is CCC(NC(c1cccs1)C(C)C)c1ccc(Br)cc1. The van der Waals surface area contributed by atoms with E-state index in [4.69, 9.17) is 0 Å². The van der Waals surface area contributed by atoms with Gasteiger partial charge in [0.15, 0.2) is 0 Å². The van der Waals surface area contributed by atoms with Crippen molar-refractivity contribution < 1.29 is 0 Å². The highest BCUT2D eigenvalue weighted by Crippen LogP contribution is 2.30. The molecule has 1 nitrogen and oxygen atoms in total. The molecule has 0 saturated heterocycles. The molecule has 0 aliphatic heterocycles. The molecule has 3 heteroatoms. The molecule has 0 aliphatic carbocycles. The maximum atomic E-state index is 3.84. The number of thiophene rings is 1. The lowest BCUT2D eigenvalue weighted by molar-refractivity contribution is 0.361. The van der Waals surface area contributed by atoms with Crippen LogP contribution in [0, 0.1) is 5.92 Å². The fraction of sp³-hybridized carbons (Fsp3) is 0.412. The Labute approximate surface area is 134 Å². The molecule has 2 aromatic rings. The summed E-state index contributed by atoms with van der Waals surface area (Å²) in [6.07, 6.45) is 1.09. The second kappa shape index (κ2) is 7.39. The minimum atomic E-state index is 0.401. The van der Waals surface area contributed by atoms with Gasteiger partial charge in [0.2, 0.25) is 0 Å². The van der Waals surface area contributed by atoms with E-state index in [-0.39, 0.29) is 0 Å². The van der Waals surface area contributed by atoms with Crippen LogP contribution in [0.1, 0.15) is 49.7 Å². The topological polar surface area (TPSA) is 12.0 Å². The van der Waals surface area contributed by atoms with Crippen LogP contribution < -0.4 is 5.32 Å². The van der Waals surface area contributed by atoms with Gasteiger partial charge in [0.1, 0.15) is 0 Å². The Bertz CT molecular complexity index is 504. The van der Waals surface area contributed by atoms with Gasteiger partial charge >= 0.3 is 0 Å². The Kier molecular flexibility index (Phi) is 5.82. The van der Waals surface area contributed by atoms with Gasteiger partial charge < -0.3 is 5.32 Å². The van der Waals surface area contributed by atoms with Gasteiger partial charge in [-0.05, 0) is 41.5 Å². The molecule has 0 amide bonds. The first-order valence-electron chi connectivity index (χ1n) is 7.16. The van der Waals surface area contributed by atoms with Gasteiger partial charge in [-0.3, -0.25) is 0 Å². The maximum Gasteiger partial charge on any atom is 0.0442 e. The maximum absolute atomic E-state index is 3.84. The van der Waals surface area contributed by atoms with Crippen LogP contribution in [0.25, 0.3) is 0 Å². The van der Waals surface area contributed by atoms with E-state index in [2.05, 4.69) is 83.8 Å². The van der Waals surface area contributed by atoms with Crippen molar-refractivity contribution in [1.29, 1.82) is 0 Å². The third-order valence-electron chi connectivity index (χ3n) is 3.58. The van der Waals surface area contributed by atoms with Gasteiger partial charge in [0.05, 0.1) is 0 Å². The van der Waals surface area contributed by atoms with Crippen LogP contribution in [0.2, 0.25) is 0 Å². The van der Waals surface area contributed by atoms with Crippen LogP contribution in [0.4, 0.5) is 0 Å². The van der Waals surface area contributed by atoms with Gasteiger partial charge in [-0.1, -0.05) is 54.9 Å². The highest BCUT2D eigenvalue weighted by atomic mass is 79.9. The van der Waals surface area contributed by atoms with Crippen molar-refractivity contribution in [1.82, 2.24) is 5.32 Å². The van der Waals surface area contributed by atoms with Gasteiger partial charge in [-0.25, -0.2) is 0 Å². The molecule has 2 unspecified atom stereocenters. The van der Waals surface area contributed by atoms with Crippen LogP contribution >= 0.6 is 27.3 Å². The third-order valence-corrected chi connectivity index (χ3v) is 5.06. The highest BCUT2D eigenvalue weighted by Gasteiger charge is 2.20. The second-order valence-corrected chi connectivity index (χ2v) is 7.31.